The summed E-state index contributed by atoms with van der Waals surface area (Å²) in [6.07, 6.45) is -0.241. The van der Waals surface area contributed by atoms with E-state index in [9.17, 15) is 9.59 Å². The average Bonchev–Trinajstić information content (AvgIpc) is 2.69. The number of carboxylic acids is 1. The van der Waals surface area contributed by atoms with Crippen LogP contribution in [0.1, 0.15) is 24.0 Å². The van der Waals surface area contributed by atoms with Gasteiger partial charge in [0, 0.05) is 13.0 Å². The first kappa shape index (κ1) is 21.1. The van der Waals surface area contributed by atoms with E-state index in [4.69, 9.17) is 19.3 Å². The lowest BCUT2D eigenvalue weighted by atomic mass is 10.2. The van der Waals surface area contributed by atoms with Crippen molar-refractivity contribution in [3.63, 3.8) is 0 Å². The summed E-state index contributed by atoms with van der Waals surface area (Å²) < 4.78 is 16.8. The molecule has 2 N–H and O–H groups in total. The molecule has 0 saturated heterocycles. The van der Waals surface area contributed by atoms with Gasteiger partial charge in [-0.15, -0.1) is 0 Å². The molecule has 0 saturated carbocycles. The molecule has 2 aromatic rings. The summed E-state index contributed by atoms with van der Waals surface area (Å²) in [6.45, 7) is 2.97. The van der Waals surface area contributed by atoms with E-state index in [0.29, 0.717) is 24.7 Å². The third kappa shape index (κ3) is 6.83. The highest BCUT2D eigenvalue weighted by molar-refractivity contribution is 5.80. The van der Waals surface area contributed by atoms with Crippen LogP contribution < -0.4 is 19.5 Å². The van der Waals surface area contributed by atoms with Crippen LogP contribution in [-0.4, -0.2) is 37.3 Å². The third-order valence-corrected chi connectivity index (χ3v) is 3.98. The van der Waals surface area contributed by atoms with E-state index in [-0.39, 0.29) is 25.3 Å². The van der Waals surface area contributed by atoms with E-state index in [1.165, 1.54) is 0 Å². The molecule has 2 rings (SSSR count). The summed E-state index contributed by atoms with van der Waals surface area (Å²) in [4.78, 5) is 22.2. The second kappa shape index (κ2) is 10.8. The van der Waals surface area contributed by atoms with Gasteiger partial charge in [-0.05, 0) is 36.2 Å². The maximum absolute atomic E-state index is 11.7. The van der Waals surface area contributed by atoms with Crippen LogP contribution in [0.5, 0.6) is 17.2 Å². The lowest BCUT2D eigenvalue weighted by Crippen LogP contribution is -2.23. The number of carboxylic acid groups (broad SMARTS) is 1. The van der Waals surface area contributed by atoms with Crippen molar-refractivity contribution in [1.82, 2.24) is 5.32 Å². The molecule has 0 bridgehead atoms. The van der Waals surface area contributed by atoms with Crippen LogP contribution in [0.4, 0.5) is 0 Å². The van der Waals surface area contributed by atoms with Gasteiger partial charge in [0.05, 0.1) is 13.5 Å². The smallest absolute Gasteiger partial charge is 0.303 e. The standard InChI is InChI=1S/C21H25NO6/c1-15-5-3-4-6-17(15)27-11-12-28-19-13-16(7-8-18(19)26-2)14-22-20(23)9-10-21(24)25/h3-8,13H,9-12,14H2,1-2H3,(H,22,23)(H,24,25). The molecular weight excluding hydrogens is 362 g/mol. The number of benzene rings is 2. The number of para-hydroxylation sites is 1. The van der Waals surface area contributed by atoms with Crippen molar-refractivity contribution in [2.24, 2.45) is 0 Å². The Labute approximate surface area is 164 Å². The molecule has 0 aromatic heterocycles. The highest BCUT2D eigenvalue weighted by Gasteiger charge is 2.09. The second-order valence-corrected chi connectivity index (χ2v) is 6.12. The fourth-order valence-corrected chi connectivity index (χ4v) is 2.47. The largest absolute Gasteiger partial charge is 0.493 e. The zero-order valence-electron chi connectivity index (χ0n) is 16.1. The van der Waals surface area contributed by atoms with E-state index >= 15 is 0 Å². The molecule has 0 unspecified atom stereocenters. The predicted octanol–water partition coefficient (Wildman–Crippen LogP) is 2.94. The van der Waals surface area contributed by atoms with Crippen molar-refractivity contribution in [3.05, 3.63) is 53.6 Å². The quantitative estimate of drug-likeness (QED) is 0.576. The molecule has 1 amide bonds. The van der Waals surface area contributed by atoms with Crippen LogP contribution in [0, 0.1) is 6.92 Å². The van der Waals surface area contributed by atoms with Gasteiger partial charge < -0.3 is 24.6 Å². The summed E-state index contributed by atoms with van der Waals surface area (Å²) in [5.41, 5.74) is 1.88. The van der Waals surface area contributed by atoms with E-state index in [1.54, 1.807) is 19.2 Å². The van der Waals surface area contributed by atoms with Gasteiger partial charge in [0.2, 0.25) is 5.91 Å². The number of aliphatic carboxylic acids is 1. The minimum Gasteiger partial charge on any atom is -0.493 e. The number of aryl methyl sites for hydroxylation is 1. The maximum Gasteiger partial charge on any atom is 0.303 e. The van der Waals surface area contributed by atoms with Crippen LogP contribution in [0.25, 0.3) is 0 Å². The number of carbonyl (C=O) groups excluding carboxylic acids is 1. The van der Waals surface area contributed by atoms with Gasteiger partial charge in [-0.1, -0.05) is 24.3 Å². The first-order chi connectivity index (χ1) is 13.5. The Hall–Kier alpha value is -3.22. The number of hydrogen-bond acceptors (Lipinski definition) is 5. The second-order valence-electron chi connectivity index (χ2n) is 6.12. The molecule has 0 aliphatic carbocycles. The molecule has 28 heavy (non-hydrogen) atoms. The molecular formula is C21H25NO6. The third-order valence-electron chi connectivity index (χ3n) is 3.98. The molecule has 0 aliphatic heterocycles. The molecule has 0 radical (unpaired) electrons. The van der Waals surface area contributed by atoms with Crippen molar-refractivity contribution >= 4 is 11.9 Å². The Morgan fingerprint density at radius 1 is 0.964 bits per heavy atom. The minimum absolute atomic E-state index is 0.0505. The van der Waals surface area contributed by atoms with Gasteiger partial charge in [-0.2, -0.15) is 0 Å². The SMILES string of the molecule is COc1ccc(CNC(=O)CCC(=O)O)cc1OCCOc1ccccc1C. The predicted molar refractivity (Wildman–Crippen MR) is 104 cm³/mol. The highest BCUT2D eigenvalue weighted by Crippen LogP contribution is 2.28. The number of nitrogens with one attached hydrogen (secondary N) is 1. The van der Waals surface area contributed by atoms with Crippen molar-refractivity contribution in [2.45, 2.75) is 26.3 Å². The zero-order chi connectivity index (χ0) is 20.4. The Kier molecular flexibility index (Phi) is 8.14. The normalized spacial score (nSPS) is 10.2. The fraction of sp³-hybridized carbons (Fsp3) is 0.333. The van der Waals surface area contributed by atoms with Crippen LogP contribution in [0.3, 0.4) is 0 Å². The Balaban J connectivity index is 1.86. The molecule has 7 nitrogen and oxygen atoms in total. The van der Waals surface area contributed by atoms with Crippen LogP contribution >= 0.6 is 0 Å². The van der Waals surface area contributed by atoms with Gasteiger partial charge in [-0.3, -0.25) is 9.59 Å². The minimum atomic E-state index is -0.997. The number of methoxy groups -OCH3 is 1. The summed E-state index contributed by atoms with van der Waals surface area (Å²) >= 11 is 0. The average molecular weight is 387 g/mol. The Bertz CT molecular complexity index is 805. The van der Waals surface area contributed by atoms with Gasteiger partial charge in [-0.25, -0.2) is 0 Å². The first-order valence-electron chi connectivity index (χ1n) is 8.96. The van der Waals surface area contributed by atoms with E-state index in [2.05, 4.69) is 5.32 Å². The molecule has 7 heteroatoms. The lowest BCUT2D eigenvalue weighted by Gasteiger charge is -2.14. The molecule has 0 heterocycles. The number of carbonyl (C=O) groups is 2. The summed E-state index contributed by atoms with van der Waals surface area (Å²) in [7, 11) is 1.55. The van der Waals surface area contributed by atoms with Gasteiger partial charge in [0.15, 0.2) is 11.5 Å². The maximum atomic E-state index is 11.7. The number of ether oxygens (including phenoxy) is 3. The molecule has 2 aromatic carbocycles. The van der Waals surface area contributed by atoms with Crippen molar-refractivity contribution < 1.29 is 28.9 Å². The summed E-state index contributed by atoms with van der Waals surface area (Å²) in [5.74, 6) is 0.636. The van der Waals surface area contributed by atoms with E-state index in [1.807, 2.05) is 37.3 Å². The monoisotopic (exact) mass is 387 g/mol. The highest BCUT2D eigenvalue weighted by atomic mass is 16.5. The van der Waals surface area contributed by atoms with Crippen molar-refractivity contribution in [1.29, 1.82) is 0 Å². The fourth-order valence-electron chi connectivity index (χ4n) is 2.47. The molecule has 0 aliphatic rings. The summed E-state index contributed by atoms with van der Waals surface area (Å²) in [5, 5.41) is 11.3. The number of amides is 1. The molecule has 0 spiro atoms. The molecule has 0 atom stereocenters. The Morgan fingerprint density at radius 2 is 1.68 bits per heavy atom. The van der Waals surface area contributed by atoms with Crippen molar-refractivity contribution in [2.75, 3.05) is 20.3 Å². The summed E-state index contributed by atoms with van der Waals surface area (Å²) in [6, 6.07) is 13.1. The van der Waals surface area contributed by atoms with Gasteiger partial charge in [0.1, 0.15) is 19.0 Å². The number of hydrogen-bond donors (Lipinski definition) is 2. The van der Waals surface area contributed by atoms with Gasteiger partial charge in [0.25, 0.3) is 0 Å². The van der Waals surface area contributed by atoms with E-state index < -0.39 is 5.97 Å². The first-order valence-corrected chi connectivity index (χ1v) is 8.96. The molecule has 150 valence electrons. The van der Waals surface area contributed by atoms with E-state index in [0.717, 1.165) is 16.9 Å². The van der Waals surface area contributed by atoms with Crippen LogP contribution in [0.2, 0.25) is 0 Å². The van der Waals surface area contributed by atoms with Crippen LogP contribution in [0.15, 0.2) is 42.5 Å². The van der Waals surface area contributed by atoms with Gasteiger partial charge >= 0.3 is 5.97 Å². The topological polar surface area (TPSA) is 94.1 Å². The Morgan fingerprint density at radius 3 is 2.36 bits per heavy atom. The van der Waals surface area contributed by atoms with Crippen LogP contribution in [-0.2, 0) is 16.1 Å². The number of rotatable bonds is 11. The lowest BCUT2D eigenvalue weighted by molar-refractivity contribution is -0.138. The molecule has 0 fully saturated rings. The van der Waals surface area contributed by atoms with Crippen molar-refractivity contribution in [3.8, 4) is 17.2 Å². The zero-order valence-corrected chi connectivity index (χ0v) is 16.1.